The number of amides is 1. The van der Waals surface area contributed by atoms with Crippen molar-refractivity contribution in [2.45, 2.75) is 69.9 Å². The first-order valence-corrected chi connectivity index (χ1v) is 11.6. The third-order valence-electron chi connectivity index (χ3n) is 4.45. The van der Waals surface area contributed by atoms with Gasteiger partial charge in [0.1, 0.15) is 4.90 Å². The van der Waals surface area contributed by atoms with Gasteiger partial charge >= 0.3 is 5.97 Å². The van der Waals surface area contributed by atoms with Gasteiger partial charge in [-0.15, -0.1) is 0 Å². The average molecular weight is 445 g/mol. The summed E-state index contributed by atoms with van der Waals surface area (Å²) in [6.45, 7) is 7.94. The number of ether oxygens (including phenoxy) is 1. The number of hydrogen-bond donors (Lipinski definition) is 1. The minimum Gasteiger partial charge on any atom is -0.449 e. The first kappa shape index (κ1) is 23.6. The van der Waals surface area contributed by atoms with Crippen LogP contribution in [0.15, 0.2) is 23.1 Å². The Hall–Kier alpha value is -1.64. The molecule has 2 rings (SSSR count). The van der Waals surface area contributed by atoms with Gasteiger partial charge in [0, 0.05) is 18.6 Å². The van der Waals surface area contributed by atoms with Crippen LogP contribution in [0.3, 0.4) is 0 Å². The van der Waals surface area contributed by atoms with Gasteiger partial charge in [0.15, 0.2) is 6.10 Å². The molecule has 0 aromatic heterocycles. The van der Waals surface area contributed by atoms with Crippen molar-refractivity contribution in [3.8, 4) is 0 Å². The van der Waals surface area contributed by atoms with Gasteiger partial charge in [-0.3, -0.25) is 4.79 Å². The summed E-state index contributed by atoms with van der Waals surface area (Å²) < 4.78 is 33.0. The molecular formula is C20H29ClN2O5S. The number of nitrogens with one attached hydrogen (secondary N) is 1. The molecule has 1 unspecified atom stereocenters. The fraction of sp³-hybridized carbons (Fsp3) is 0.600. The Morgan fingerprint density at radius 2 is 1.72 bits per heavy atom. The fourth-order valence-electron chi connectivity index (χ4n) is 3.12. The highest BCUT2D eigenvalue weighted by molar-refractivity contribution is 7.89. The van der Waals surface area contributed by atoms with Crippen LogP contribution in [0.2, 0.25) is 5.02 Å². The summed E-state index contributed by atoms with van der Waals surface area (Å²) in [5, 5.41) is -0.00742. The molecule has 1 atom stereocenters. The molecule has 29 heavy (non-hydrogen) atoms. The smallest absolute Gasteiger partial charge is 0.338 e. The Morgan fingerprint density at radius 3 is 2.28 bits per heavy atom. The number of nitrogens with zero attached hydrogens (tertiary/aromatic N) is 1. The number of sulfonamides is 1. The monoisotopic (exact) mass is 444 g/mol. The molecule has 1 aromatic carbocycles. The highest BCUT2D eigenvalue weighted by atomic mass is 35.5. The maximum atomic E-state index is 12.6. The lowest BCUT2D eigenvalue weighted by molar-refractivity contribution is -0.139. The number of carbonyl (C=O) groups excluding carboxylic acids is 2. The van der Waals surface area contributed by atoms with Crippen LogP contribution >= 0.6 is 11.6 Å². The maximum Gasteiger partial charge on any atom is 0.338 e. The molecule has 7 nitrogen and oxygen atoms in total. The van der Waals surface area contributed by atoms with Crippen LogP contribution < -0.4 is 4.72 Å². The number of rotatable bonds is 5. The summed E-state index contributed by atoms with van der Waals surface area (Å²) in [5.74, 6) is -1.01. The zero-order valence-electron chi connectivity index (χ0n) is 17.3. The van der Waals surface area contributed by atoms with E-state index in [4.69, 9.17) is 16.3 Å². The summed E-state index contributed by atoms with van der Waals surface area (Å²) in [4.78, 5) is 26.6. The molecule has 1 amide bonds. The van der Waals surface area contributed by atoms with Gasteiger partial charge < -0.3 is 9.64 Å². The Kier molecular flexibility index (Phi) is 7.70. The van der Waals surface area contributed by atoms with E-state index in [2.05, 4.69) is 4.72 Å². The number of halogens is 1. The van der Waals surface area contributed by atoms with Crippen LogP contribution in [0.25, 0.3) is 0 Å². The minimum absolute atomic E-state index is 0.00742. The van der Waals surface area contributed by atoms with E-state index in [1.165, 1.54) is 25.1 Å². The third kappa shape index (κ3) is 6.69. The molecular weight excluding hydrogens is 416 g/mol. The average Bonchev–Trinajstić information content (AvgIpc) is 2.88. The molecule has 1 saturated heterocycles. The highest BCUT2D eigenvalue weighted by Crippen LogP contribution is 2.24. The second-order valence-electron chi connectivity index (χ2n) is 8.29. The lowest BCUT2D eigenvalue weighted by Gasteiger charge is -2.24. The van der Waals surface area contributed by atoms with Crippen molar-refractivity contribution in [3.63, 3.8) is 0 Å². The van der Waals surface area contributed by atoms with Crippen LogP contribution in [-0.4, -0.2) is 49.9 Å². The van der Waals surface area contributed by atoms with E-state index >= 15 is 0 Å². The zero-order chi connectivity index (χ0) is 21.8. The SMILES string of the molecule is CC(OC(=O)c1ccc(Cl)c(S(=O)(=O)NC(C)(C)C)c1)C(=O)N1CCCCCC1. The quantitative estimate of drug-likeness (QED) is 0.703. The zero-order valence-corrected chi connectivity index (χ0v) is 18.9. The second kappa shape index (κ2) is 9.45. The Morgan fingerprint density at radius 1 is 1.14 bits per heavy atom. The molecule has 0 bridgehead atoms. The van der Waals surface area contributed by atoms with E-state index in [0.717, 1.165) is 25.7 Å². The highest BCUT2D eigenvalue weighted by Gasteiger charge is 2.28. The molecule has 1 heterocycles. The van der Waals surface area contributed by atoms with Crippen LogP contribution in [0, 0.1) is 0 Å². The molecule has 1 N–H and O–H groups in total. The lowest BCUT2D eigenvalue weighted by Crippen LogP contribution is -2.41. The first-order chi connectivity index (χ1) is 13.4. The minimum atomic E-state index is -3.94. The fourth-order valence-corrected chi connectivity index (χ4v) is 5.07. The van der Waals surface area contributed by atoms with Crippen molar-refractivity contribution in [2.24, 2.45) is 0 Å². The number of hydrogen-bond acceptors (Lipinski definition) is 5. The molecule has 1 aliphatic rings. The summed E-state index contributed by atoms with van der Waals surface area (Å²) in [7, 11) is -3.94. The molecule has 0 aliphatic carbocycles. The standard InChI is InChI=1S/C20H29ClN2O5S/c1-14(18(24)23-11-7-5-6-8-12-23)28-19(25)15-9-10-16(21)17(13-15)29(26,27)22-20(2,3)4/h9-10,13-14,22H,5-8,11-12H2,1-4H3. The normalized spacial score (nSPS) is 16.8. The molecule has 162 valence electrons. The molecule has 0 radical (unpaired) electrons. The first-order valence-electron chi connectivity index (χ1n) is 9.74. The largest absolute Gasteiger partial charge is 0.449 e. The molecule has 0 spiro atoms. The Balaban J connectivity index is 2.15. The molecule has 1 aromatic rings. The van der Waals surface area contributed by atoms with Crippen molar-refractivity contribution >= 4 is 33.5 Å². The molecule has 0 saturated carbocycles. The number of esters is 1. The third-order valence-corrected chi connectivity index (χ3v) is 6.69. The van der Waals surface area contributed by atoms with Gasteiger partial charge in [0.25, 0.3) is 5.91 Å². The van der Waals surface area contributed by atoms with Gasteiger partial charge in [-0.1, -0.05) is 24.4 Å². The Bertz CT molecular complexity index is 856. The van der Waals surface area contributed by atoms with E-state index in [1.807, 2.05) is 0 Å². The molecule has 1 fully saturated rings. The van der Waals surface area contributed by atoms with Crippen molar-refractivity contribution in [3.05, 3.63) is 28.8 Å². The maximum absolute atomic E-state index is 12.6. The predicted molar refractivity (Wildman–Crippen MR) is 111 cm³/mol. The molecule has 9 heteroatoms. The number of carbonyl (C=O) groups is 2. The van der Waals surface area contributed by atoms with E-state index in [9.17, 15) is 18.0 Å². The van der Waals surface area contributed by atoms with Gasteiger partial charge in [0.05, 0.1) is 10.6 Å². The van der Waals surface area contributed by atoms with Crippen LogP contribution in [0.1, 0.15) is 63.7 Å². The summed E-state index contributed by atoms with van der Waals surface area (Å²) in [5.41, 5.74) is -0.702. The van der Waals surface area contributed by atoms with Crippen LogP contribution in [0.4, 0.5) is 0 Å². The van der Waals surface area contributed by atoms with E-state index in [0.29, 0.717) is 13.1 Å². The van der Waals surface area contributed by atoms with Gasteiger partial charge in [-0.2, -0.15) is 0 Å². The van der Waals surface area contributed by atoms with E-state index in [-0.39, 0.29) is 21.4 Å². The van der Waals surface area contributed by atoms with E-state index in [1.54, 1.807) is 25.7 Å². The number of benzene rings is 1. The van der Waals surface area contributed by atoms with Crippen LogP contribution in [-0.2, 0) is 19.6 Å². The van der Waals surface area contributed by atoms with E-state index < -0.39 is 27.6 Å². The summed E-state index contributed by atoms with van der Waals surface area (Å²) >= 11 is 6.06. The summed E-state index contributed by atoms with van der Waals surface area (Å²) in [6, 6.07) is 3.88. The lowest BCUT2D eigenvalue weighted by atomic mass is 10.1. The summed E-state index contributed by atoms with van der Waals surface area (Å²) in [6.07, 6.45) is 3.09. The van der Waals surface area contributed by atoms with Crippen molar-refractivity contribution in [1.82, 2.24) is 9.62 Å². The van der Waals surface area contributed by atoms with Gasteiger partial charge in [-0.05, 0) is 58.7 Å². The van der Waals surface area contributed by atoms with Crippen LogP contribution in [0.5, 0.6) is 0 Å². The Labute approximate surface area is 177 Å². The second-order valence-corrected chi connectivity index (χ2v) is 10.3. The van der Waals surface area contributed by atoms with Crippen molar-refractivity contribution in [1.29, 1.82) is 0 Å². The topological polar surface area (TPSA) is 92.8 Å². The number of likely N-dealkylation sites (tertiary alicyclic amines) is 1. The van der Waals surface area contributed by atoms with Gasteiger partial charge in [0.2, 0.25) is 10.0 Å². The predicted octanol–water partition coefficient (Wildman–Crippen LogP) is 3.36. The van der Waals surface area contributed by atoms with Crippen molar-refractivity contribution in [2.75, 3.05) is 13.1 Å². The molecule has 1 aliphatic heterocycles. The van der Waals surface area contributed by atoms with Gasteiger partial charge in [-0.25, -0.2) is 17.9 Å². The van der Waals surface area contributed by atoms with Crippen molar-refractivity contribution < 1.29 is 22.7 Å².